The number of hydrogen-bond donors (Lipinski definition) is 0. The maximum atomic E-state index is 12.9. The lowest BCUT2D eigenvalue weighted by Crippen LogP contribution is -2.38. The fourth-order valence-corrected chi connectivity index (χ4v) is 3.12. The van der Waals surface area contributed by atoms with Crippen LogP contribution in [0.4, 0.5) is 0 Å². The van der Waals surface area contributed by atoms with Crippen LogP contribution in [-0.4, -0.2) is 13.1 Å². The fourth-order valence-electron chi connectivity index (χ4n) is 3.12. The normalized spacial score (nSPS) is 12.9. The van der Waals surface area contributed by atoms with Crippen LogP contribution in [0.5, 0.6) is 0 Å². The molecule has 0 aromatic heterocycles. The first kappa shape index (κ1) is 17.7. The van der Waals surface area contributed by atoms with E-state index in [0.717, 1.165) is 29.5 Å². The number of benzene rings is 2. The summed E-state index contributed by atoms with van der Waals surface area (Å²) in [7, 11) is 1.43. The fraction of sp³-hybridized carbons (Fsp3) is 0.333. The van der Waals surface area contributed by atoms with Crippen LogP contribution >= 0.6 is 0 Å². The van der Waals surface area contributed by atoms with Gasteiger partial charge in [-0.15, -0.1) is 0 Å². The lowest BCUT2D eigenvalue weighted by molar-refractivity contribution is -0.146. The van der Waals surface area contributed by atoms with Gasteiger partial charge < -0.3 is 4.74 Å². The number of rotatable bonds is 7. The highest BCUT2D eigenvalue weighted by atomic mass is 16.5. The van der Waals surface area contributed by atoms with Crippen molar-refractivity contribution in [2.45, 2.75) is 38.0 Å². The number of nitriles is 1. The van der Waals surface area contributed by atoms with E-state index in [2.05, 4.69) is 6.07 Å². The average Bonchev–Trinajstić information content (AvgIpc) is 2.63. The second-order valence-electron chi connectivity index (χ2n) is 5.99. The number of carbonyl (C=O) groups is 1. The summed E-state index contributed by atoms with van der Waals surface area (Å²) in [6.45, 7) is 2.03. The molecule has 0 aliphatic carbocycles. The standard InChI is InChI=1S/C21H23NO2/c1-17-11-13-19(14-12-17)21(20(23)24-2,15-7-4-8-16-22)18-9-5-3-6-10-18/h3,5-6,9-14H,4,7-8,15H2,1-2H3. The van der Waals surface area contributed by atoms with Gasteiger partial charge in [0.1, 0.15) is 5.41 Å². The van der Waals surface area contributed by atoms with E-state index < -0.39 is 5.41 Å². The summed E-state index contributed by atoms with van der Waals surface area (Å²) in [6.07, 6.45) is 2.67. The maximum absolute atomic E-state index is 12.9. The highest BCUT2D eigenvalue weighted by Crippen LogP contribution is 2.38. The molecule has 2 aromatic carbocycles. The summed E-state index contributed by atoms with van der Waals surface area (Å²) in [5.74, 6) is -0.255. The molecular formula is C21H23NO2. The zero-order valence-electron chi connectivity index (χ0n) is 14.3. The van der Waals surface area contributed by atoms with Crippen LogP contribution in [-0.2, 0) is 14.9 Å². The van der Waals surface area contributed by atoms with Gasteiger partial charge in [-0.05, 0) is 30.9 Å². The summed E-state index contributed by atoms with van der Waals surface area (Å²) >= 11 is 0. The number of methoxy groups -OCH3 is 1. The largest absolute Gasteiger partial charge is 0.468 e. The Morgan fingerprint density at radius 2 is 1.67 bits per heavy atom. The summed E-state index contributed by atoms with van der Waals surface area (Å²) in [6, 6.07) is 20.0. The Bertz CT molecular complexity index is 701. The SMILES string of the molecule is COC(=O)C(CCCCC#N)(c1ccccc1)c1ccc(C)cc1. The third kappa shape index (κ3) is 3.65. The predicted octanol–water partition coefficient (Wildman–Crippen LogP) is 4.54. The molecular weight excluding hydrogens is 298 g/mol. The molecule has 124 valence electrons. The number of nitrogens with zero attached hydrogens (tertiary/aromatic N) is 1. The van der Waals surface area contributed by atoms with Crippen LogP contribution in [0.3, 0.4) is 0 Å². The van der Waals surface area contributed by atoms with Gasteiger partial charge in [-0.3, -0.25) is 4.79 Å². The molecule has 1 unspecified atom stereocenters. The molecule has 2 rings (SSSR count). The quantitative estimate of drug-likeness (QED) is 0.556. The highest BCUT2D eigenvalue weighted by Gasteiger charge is 2.42. The van der Waals surface area contributed by atoms with E-state index in [1.807, 2.05) is 61.5 Å². The second kappa shape index (κ2) is 8.31. The van der Waals surface area contributed by atoms with Crippen molar-refractivity contribution in [3.63, 3.8) is 0 Å². The van der Waals surface area contributed by atoms with Gasteiger partial charge in [0.05, 0.1) is 13.2 Å². The van der Waals surface area contributed by atoms with E-state index in [4.69, 9.17) is 10.00 Å². The smallest absolute Gasteiger partial charge is 0.320 e. The van der Waals surface area contributed by atoms with E-state index in [1.54, 1.807) is 0 Å². The van der Waals surface area contributed by atoms with Gasteiger partial charge in [0, 0.05) is 6.42 Å². The number of carbonyl (C=O) groups excluding carboxylic acids is 1. The Morgan fingerprint density at radius 3 is 2.25 bits per heavy atom. The molecule has 0 heterocycles. The molecule has 0 saturated heterocycles. The molecule has 0 aliphatic heterocycles. The van der Waals surface area contributed by atoms with E-state index in [9.17, 15) is 4.79 Å². The van der Waals surface area contributed by atoms with Crippen molar-refractivity contribution in [2.75, 3.05) is 7.11 Å². The molecule has 1 atom stereocenters. The Labute approximate surface area is 143 Å². The van der Waals surface area contributed by atoms with Crippen molar-refractivity contribution in [3.05, 3.63) is 71.3 Å². The lowest BCUT2D eigenvalue weighted by Gasteiger charge is -2.32. The van der Waals surface area contributed by atoms with E-state index in [-0.39, 0.29) is 5.97 Å². The molecule has 0 radical (unpaired) electrons. The molecule has 3 heteroatoms. The zero-order valence-corrected chi connectivity index (χ0v) is 14.3. The van der Waals surface area contributed by atoms with Gasteiger partial charge in [0.25, 0.3) is 0 Å². The maximum Gasteiger partial charge on any atom is 0.320 e. The van der Waals surface area contributed by atoms with E-state index in [0.29, 0.717) is 12.8 Å². The van der Waals surface area contributed by atoms with E-state index in [1.165, 1.54) is 7.11 Å². The summed E-state index contributed by atoms with van der Waals surface area (Å²) < 4.78 is 5.21. The molecule has 0 amide bonds. The van der Waals surface area contributed by atoms with Gasteiger partial charge in [-0.1, -0.05) is 66.6 Å². The van der Waals surface area contributed by atoms with E-state index >= 15 is 0 Å². The van der Waals surface area contributed by atoms with Crippen LogP contribution in [0.1, 0.15) is 42.4 Å². The summed E-state index contributed by atoms with van der Waals surface area (Å²) in [5.41, 5.74) is 2.18. The minimum absolute atomic E-state index is 0.255. The first-order chi connectivity index (χ1) is 11.6. The van der Waals surface area contributed by atoms with Gasteiger partial charge in [-0.2, -0.15) is 5.26 Å². The Hall–Kier alpha value is -2.60. The second-order valence-corrected chi connectivity index (χ2v) is 5.99. The number of aryl methyl sites for hydroxylation is 1. The van der Waals surface area contributed by atoms with Crippen molar-refractivity contribution in [3.8, 4) is 6.07 Å². The van der Waals surface area contributed by atoms with Gasteiger partial charge >= 0.3 is 5.97 Å². The molecule has 0 fully saturated rings. The Morgan fingerprint density at radius 1 is 1.04 bits per heavy atom. The van der Waals surface area contributed by atoms with Crippen LogP contribution in [0.15, 0.2) is 54.6 Å². The molecule has 3 nitrogen and oxygen atoms in total. The molecule has 0 bridgehead atoms. The first-order valence-electron chi connectivity index (χ1n) is 8.23. The van der Waals surface area contributed by atoms with Crippen molar-refractivity contribution >= 4 is 5.97 Å². The van der Waals surface area contributed by atoms with Gasteiger partial charge in [0.15, 0.2) is 0 Å². The van der Waals surface area contributed by atoms with Crippen molar-refractivity contribution < 1.29 is 9.53 Å². The molecule has 0 N–H and O–H groups in total. The van der Waals surface area contributed by atoms with Crippen LogP contribution in [0, 0.1) is 18.3 Å². The van der Waals surface area contributed by atoms with Crippen molar-refractivity contribution in [2.24, 2.45) is 0 Å². The minimum Gasteiger partial charge on any atom is -0.468 e. The van der Waals surface area contributed by atoms with Crippen molar-refractivity contribution in [1.29, 1.82) is 5.26 Å². The molecule has 0 aliphatic rings. The number of unbranched alkanes of at least 4 members (excludes halogenated alkanes) is 2. The third-order valence-electron chi connectivity index (χ3n) is 4.44. The van der Waals surface area contributed by atoms with Gasteiger partial charge in [0.2, 0.25) is 0 Å². The predicted molar refractivity (Wildman–Crippen MR) is 94.5 cm³/mol. The zero-order chi connectivity index (χ0) is 17.4. The van der Waals surface area contributed by atoms with Crippen LogP contribution < -0.4 is 0 Å². The highest BCUT2D eigenvalue weighted by molar-refractivity contribution is 5.87. The van der Waals surface area contributed by atoms with Crippen LogP contribution in [0.25, 0.3) is 0 Å². The van der Waals surface area contributed by atoms with Crippen LogP contribution in [0.2, 0.25) is 0 Å². The Balaban J connectivity index is 2.53. The molecule has 24 heavy (non-hydrogen) atoms. The monoisotopic (exact) mass is 321 g/mol. The topological polar surface area (TPSA) is 50.1 Å². The average molecular weight is 321 g/mol. The lowest BCUT2D eigenvalue weighted by atomic mass is 9.71. The first-order valence-corrected chi connectivity index (χ1v) is 8.23. The third-order valence-corrected chi connectivity index (χ3v) is 4.44. The molecule has 0 saturated carbocycles. The minimum atomic E-state index is -0.834. The number of hydrogen-bond acceptors (Lipinski definition) is 3. The molecule has 0 spiro atoms. The Kier molecular flexibility index (Phi) is 6.14. The number of ether oxygens (including phenoxy) is 1. The number of esters is 1. The molecule has 2 aromatic rings. The van der Waals surface area contributed by atoms with Gasteiger partial charge in [-0.25, -0.2) is 0 Å². The van der Waals surface area contributed by atoms with Crippen molar-refractivity contribution in [1.82, 2.24) is 0 Å². The summed E-state index contributed by atoms with van der Waals surface area (Å²) in [4.78, 5) is 12.9. The summed E-state index contributed by atoms with van der Waals surface area (Å²) in [5, 5.41) is 8.77.